The normalized spacial score (nSPS) is 10.1. The van der Waals surface area contributed by atoms with Gasteiger partial charge in [-0.2, -0.15) is 5.10 Å². The van der Waals surface area contributed by atoms with E-state index in [1.54, 1.807) is 7.11 Å². The van der Waals surface area contributed by atoms with Gasteiger partial charge in [-0.3, -0.25) is 0 Å². The van der Waals surface area contributed by atoms with Crippen molar-refractivity contribution in [3.63, 3.8) is 0 Å². The summed E-state index contributed by atoms with van der Waals surface area (Å²) in [5.74, 6) is 1.92. The lowest BCUT2D eigenvalue weighted by Gasteiger charge is -2.13. The predicted octanol–water partition coefficient (Wildman–Crippen LogP) is 3.51. The number of ether oxygens (including phenoxy) is 1. The number of anilines is 1. The second kappa shape index (κ2) is 7.04. The molecule has 104 valence electrons. The molecule has 0 aliphatic rings. The highest BCUT2D eigenvalue weighted by Gasteiger charge is 2.05. The van der Waals surface area contributed by atoms with Crippen molar-refractivity contribution in [3.8, 4) is 5.75 Å². The maximum Gasteiger partial charge on any atom is 0.124 e. The van der Waals surface area contributed by atoms with Gasteiger partial charge < -0.3 is 10.1 Å². The van der Waals surface area contributed by atoms with E-state index in [0.29, 0.717) is 6.04 Å². The number of benzene rings is 1. The zero-order valence-corrected chi connectivity index (χ0v) is 12.3. The van der Waals surface area contributed by atoms with E-state index in [4.69, 9.17) is 4.74 Å². The Morgan fingerprint density at radius 2 is 2.11 bits per heavy atom. The highest BCUT2D eigenvalue weighted by atomic mass is 35.5. The first-order valence-corrected chi connectivity index (χ1v) is 6.11. The molecule has 1 heterocycles. The number of methoxy groups -OCH3 is 1. The lowest BCUT2D eigenvalue weighted by atomic mass is 10.2. The molecule has 1 N–H and O–H groups in total. The number of hydrogen-bond acceptors (Lipinski definition) is 3. The molecule has 19 heavy (non-hydrogen) atoms. The van der Waals surface area contributed by atoms with Gasteiger partial charge in [-0.1, -0.05) is 12.1 Å². The zero-order valence-electron chi connectivity index (χ0n) is 11.5. The summed E-state index contributed by atoms with van der Waals surface area (Å²) in [6.45, 7) is 4.99. The van der Waals surface area contributed by atoms with E-state index in [0.717, 1.165) is 18.1 Å². The number of aromatic nitrogens is 2. The van der Waals surface area contributed by atoms with Crippen LogP contribution in [0.1, 0.15) is 25.5 Å². The Kier molecular flexibility index (Phi) is 5.70. The van der Waals surface area contributed by atoms with Gasteiger partial charge >= 0.3 is 0 Å². The van der Waals surface area contributed by atoms with Crippen LogP contribution in [0.3, 0.4) is 0 Å². The highest BCUT2D eigenvalue weighted by molar-refractivity contribution is 5.85. The lowest BCUT2D eigenvalue weighted by Crippen LogP contribution is -2.09. The fraction of sp³-hybridized carbons (Fsp3) is 0.357. The molecule has 0 atom stereocenters. The summed E-state index contributed by atoms with van der Waals surface area (Å²) in [5, 5.41) is 7.68. The van der Waals surface area contributed by atoms with Gasteiger partial charge in [-0.05, 0) is 31.5 Å². The molecule has 4 nitrogen and oxygen atoms in total. The SMILES string of the molecule is COc1cccc(CNc2ccnn2C(C)C)c1.Cl. The van der Waals surface area contributed by atoms with Crippen molar-refractivity contribution in [2.75, 3.05) is 12.4 Å². The second-order valence-corrected chi connectivity index (χ2v) is 4.46. The third-order valence-corrected chi connectivity index (χ3v) is 2.77. The third kappa shape index (κ3) is 3.89. The monoisotopic (exact) mass is 281 g/mol. The number of nitrogens with one attached hydrogen (secondary N) is 1. The van der Waals surface area contributed by atoms with E-state index < -0.39 is 0 Å². The van der Waals surface area contributed by atoms with Gasteiger partial charge in [0.25, 0.3) is 0 Å². The highest BCUT2D eigenvalue weighted by Crippen LogP contribution is 2.16. The van der Waals surface area contributed by atoms with E-state index in [2.05, 4.69) is 30.3 Å². The molecule has 0 saturated heterocycles. The Bertz CT molecular complexity index is 511. The van der Waals surface area contributed by atoms with Gasteiger partial charge in [-0.15, -0.1) is 12.4 Å². The molecule has 2 rings (SSSR count). The van der Waals surface area contributed by atoms with E-state index in [1.807, 2.05) is 35.1 Å². The first-order valence-electron chi connectivity index (χ1n) is 6.11. The molecule has 1 aromatic carbocycles. The van der Waals surface area contributed by atoms with Gasteiger partial charge in [-0.25, -0.2) is 4.68 Å². The Hall–Kier alpha value is -1.68. The minimum Gasteiger partial charge on any atom is -0.497 e. The van der Waals surface area contributed by atoms with Crippen LogP contribution in [0.2, 0.25) is 0 Å². The Labute approximate surface area is 120 Å². The molecule has 0 unspecified atom stereocenters. The van der Waals surface area contributed by atoms with Crippen LogP contribution in [0.5, 0.6) is 5.75 Å². The largest absolute Gasteiger partial charge is 0.497 e. The smallest absolute Gasteiger partial charge is 0.124 e. The summed E-state index contributed by atoms with van der Waals surface area (Å²) in [4.78, 5) is 0. The second-order valence-electron chi connectivity index (χ2n) is 4.46. The van der Waals surface area contributed by atoms with Crippen molar-refractivity contribution in [1.29, 1.82) is 0 Å². The predicted molar refractivity (Wildman–Crippen MR) is 80.2 cm³/mol. The van der Waals surface area contributed by atoms with Crippen molar-refractivity contribution >= 4 is 18.2 Å². The van der Waals surface area contributed by atoms with E-state index in [-0.39, 0.29) is 12.4 Å². The number of halogens is 1. The van der Waals surface area contributed by atoms with Crippen molar-refractivity contribution < 1.29 is 4.74 Å². The van der Waals surface area contributed by atoms with E-state index in [9.17, 15) is 0 Å². The van der Waals surface area contributed by atoms with Gasteiger partial charge in [0.05, 0.1) is 13.3 Å². The molecule has 0 fully saturated rings. The minimum atomic E-state index is 0. The number of hydrogen-bond donors (Lipinski definition) is 1. The molecule has 0 saturated carbocycles. The molecule has 0 spiro atoms. The van der Waals surface area contributed by atoms with Crippen LogP contribution in [-0.2, 0) is 6.54 Å². The van der Waals surface area contributed by atoms with Gasteiger partial charge in [0.2, 0.25) is 0 Å². The summed E-state index contributed by atoms with van der Waals surface area (Å²) in [7, 11) is 1.68. The summed E-state index contributed by atoms with van der Waals surface area (Å²) >= 11 is 0. The molecule has 1 aromatic heterocycles. The lowest BCUT2D eigenvalue weighted by molar-refractivity contribution is 0.414. The van der Waals surface area contributed by atoms with Crippen molar-refractivity contribution in [2.45, 2.75) is 26.4 Å². The first kappa shape index (κ1) is 15.4. The molecule has 0 bridgehead atoms. The number of nitrogens with zero attached hydrogens (tertiary/aromatic N) is 2. The molecule has 0 aliphatic heterocycles. The van der Waals surface area contributed by atoms with Crippen LogP contribution >= 0.6 is 12.4 Å². The Balaban J connectivity index is 0.00000180. The van der Waals surface area contributed by atoms with Crippen LogP contribution in [0.25, 0.3) is 0 Å². The third-order valence-electron chi connectivity index (χ3n) is 2.77. The summed E-state index contributed by atoms with van der Waals surface area (Å²) in [6, 6.07) is 10.4. The molecule has 0 amide bonds. The van der Waals surface area contributed by atoms with Crippen molar-refractivity contribution in [2.24, 2.45) is 0 Å². The van der Waals surface area contributed by atoms with Crippen molar-refractivity contribution in [3.05, 3.63) is 42.1 Å². The number of rotatable bonds is 5. The standard InChI is InChI=1S/C14H19N3O.ClH/c1-11(2)17-14(7-8-16-17)15-10-12-5-4-6-13(9-12)18-3;/h4-9,11,15H,10H2,1-3H3;1H. The van der Waals surface area contributed by atoms with E-state index >= 15 is 0 Å². The average molecular weight is 282 g/mol. The fourth-order valence-electron chi connectivity index (χ4n) is 1.84. The molecular formula is C14H20ClN3O. The van der Waals surface area contributed by atoms with Crippen LogP contribution in [0, 0.1) is 0 Å². The van der Waals surface area contributed by atoms with Crippen molar-refractivity contribution in [1.82, 2.24) is 9.78 Å². The minimum absolute atomic E-state index is 0. The Morgan fingerprint density at radius 1 is 1.32 bits per heavy atom. The van der Waals surface area contributed by atoms with Crippen LogP contribution < -0.4 is 10.1 Å². The summed E-state index contributed by atoms with van der Waals surface area (Å²) < 4.78 is 7.18. The molecule has 5 heteroatoms. The zero-order chi connectivity index (χ0) is 13.0. The quantitative estimate of drug-likeness (QED) is 0.912. The average Bonchev–Trinajstić information content (AvgIpc) is 2.85. The molecule has 2 aromatic rings. The Morgan fingerprint density at radius 3 is 2.79 bits per heavy atom. The first-order chi connectivity index (χ1) is 8.70. The van der Waals surface area contributed by atoms with Gasteiger partial charge in [0.15, 0.2) is 0 Å². The van der Waals surface area contributed by atoms with Crippen LogP contribution in [0.4, 0.5) is 5.82 Å². The maximum atomic E-state index is 5.21. The van der Waals surface area contributed by atoms with Gasteiger partial charge in [0.1, 0.15) is 11.6 Å². The van der Waals surface area contributed by atoms with Gasteiger partial charge in [0, 0.05) is 18.7 Å². The van der Waals surface area contributed by atoms with Crippen LogP contribution in [0.15, 0.2) is 36.5 Å². The van der Waals surface area contributed by atoms with E-state index in [1.165, 1.54) is 5.56 Å². The molecular weight excluding hydrogens is 262 g/mol. The molecule has 0 aliphatic carbocycles. The molecule has 0 radical (unpaired) electrons. The topological polar surface area (TPSA) is 39.1 Å². The maximum absolute atomic E-state index is 5.21. The summed E-state index contributed by atoms with van der Waals surface area (Å²) in [6.07, 6.45) is 1.81. The van der Waals surface area contributed by atoms with Crippen LogP contribution in [-0.4, -0.2) is 16.9 Å². The fourth-order valence-corrected chi connectivity index (χ4v) is 1.84. The summed E-state index contributed by atoms with van der Waals surface area (Å²) in [5.41, 5.74) is 1.19.